The monoisotopic (exact) mass is 344 g/mol. The number of fused-ring (bicyclic) bond motifs is 1. The first-order valence-corrected chi connectivity index (χ1v) is 9.63. The zero-order valence-electron chi connectivity index (χ0n) is 14.2. The zero-order chi connectivity index (χ0) is 17.5. The molecule has 0 saturated carbocycles. The molecule has 7 heteroatoms. The van der Waals surface area contributed by atoms with Crippen LogP contribution in [-0.2, 0) is 16.4 Å². The number of aliphatic imine (C=N–C) groups is 1. The second-order valence-electron chi connectivity index (χ2n) is 6.26. The lowest BCUT2D eigenvalue weighted by Gasteiger charge is -2.14. The summed E-state index contributed by atoms with van der Waals surface area (Å²) >= 11 is 0. The van der Waals surface area contributed by atoms with Gasteiger partial charge in [0.05, 0.1) is 22.8 Å². The molecule has 24 heavy (non-hydrogen) atoms. The Morgan fingerprint density at radius 2 is 2.00 bits per heavy atom. The van der Waals surface area contributed by atoms with E-state index in [1.807, 2.05) is 19.9 Å². The topological polar surface area (TPSA) is 84.3 Å². The smallest absolute Gasteiger partial charge is 0.175 e. The molecule has 0 saturated heterocycles. The molecule has 2 aromatic rings. The summed E-state index contributed by atoms with van der Waals surface area (Å²) in [5, 5.41) is 3.33. The summed E-state index contributed by atoms with van der Waals surface area (Å²) in [7, 11) is -3.31. The highest BCUT2D eigenvalue weighted by atomic mass is 32.2. The lowest BCUT2D eigenvalue weighted by atomic mass is 10.0. The van der Waals surface area contributed by atoms with Crippen LogP contribution in [0.4, 0.5) is 5.82 Å². The molecule has 0 amide bonds. The van der Waals surface area contributed by atoms with Crippen molar-refractivity contribution in [1.29, 1.82) is 0 Å². The third kappa shape index (κ3) is 3.17. The molecular weight excluding hydrogens is 324 g/mol. The maximum absolute atomic E-state index is 11.9. The Balaban J connectivity index is 2.14. The number of nitrogens with zero attached hydrogens (tertiary/aromatic N) is 3. The summed E-state index contributed by atoms with van der Waals surface area (Å²) in [4.78, 5) is 13.8. The van der Waals surface area contributed by atoms with Crippen LogP contribution < -0.4 is 5.32 Å². The van der Waals surface area contributed by atoms with Crippen molar-refractivity contribution in [2.75, 3.05) is 11.6 Å². The number of rotatable bonds is 4. The fourth-order valence-corrected chi connectivity index (χ4v) is 3.42. The molecule has 1 aliphatic rings. The van der Waals surface area contributed by atoms with E-state index in [9.17, 15) is 8.42 Å². The summed E-state index contributed by atoms with van der Waals surface area (Å²) < 4.78 is 23.8. The van der Waals surface area contributed by atoms with Crippen LogP contribution in [0.25, 0.3) is 0 Å². The fourth-order valence-electron chi connectivity index (χ4n) is 2.71. The van der Waals surface area contributed by atoms with E-state index in [0.717, 1.165) is 16.9 Å². The molecule has 2 aromatic heterocycles. The van der Waals surface area contributed by atoms with Gasteiger partial charge in [-0.3, -0.25) is 9.98 Å². The summed E-state index contributed by atoms with van der Waals surface area (Å²) in [5.41, 5.74) is 3.87. The molecule has 1 N–H and O–H groups in total. The van der Waals surface area contributed by atoms with Crippen LogP contribution in [0.1, 0.15) is 36.4 Å². The van der Waals surface area contributed by atoms with E-state index in [1.54, 1.807) is 25.3 Å². The Morgan fingerprint density at radius 1 is 1.25 bits per heavy atom. The van der Waals surface area contributed by atoms with Crippen LogP contribution in [0.2, 0.25) is 0 Å². The number of pyridine rings is 2. The Labute approximate surface area is 142 Å². The quantitative estimate of drug-likeness (QED) is 0.920. The van der Waals surface area contributed by atoms with Crippen molar-refractivity contribution in [3.05, 3.63) is 46.9 Å². The van der Waals surface area contributed by atoms with Crippen LogP contribution >= 0.6 is 0 Å². The average Bonchev–Trinajstić information content (AvgIpc) is 2.90. The number of hydrogen-bond acceptors (Lipinski definition) is 6. The van der Waals surface area contributed by atoms with Crippen molar-refractivity contribution in [3.63, 3.8) is 0 Å². The van der Waals surface area contributed by atoms with Crippen LogP contribution in [0.5, 0.6) is 0 Å². The molecule has 3 heterocycles. The van der Waals surface area contributed by atoms with Crippen LogP contribution in [0.3, 0.4) is 0 Å². The van der Waals surface area contributed by atoms with E-state index < -0.39 is 9.84 Å². The molecule has 0 atom stereocenters. The predicted octanol–water partition coefficient (Wildman–Crippen LogP) is 2.36. The maximum Gasteiger partial charge on any atom is 0.175 e. The largest absolute Gasteiger partial charge is 0.367 e. The van der Waals surface area contributed by atoms with E-state index in [4.69, 9.17) is 0 Å². The van der Waals surface area contributed by atoms with E-state index in [2.05, 4.69) is 20.3 Å². The van der Waals surface area contributed by atoms with Crippen molar-refractivity contribution in [2.45, 2.75) is 38.3 Å². The van der Waals surface area contributed by atoms with Gasteiger partial charge in [-0.15, -0.1) is 0 Å². The highest BCUT2D eigenvalue weighted by Crippen LogP contribution is 2.28. The number of anilines is 1. The van der Waals surface area contributed by atoms with Gasteiger partial charge in [0.25, 0.3) is 0 Å². The Bertz CT molecular complexity index is 934. The van der Waals surface area contributed by atoms with Crippen molar-refractivity contribution in [2.24, 2.45) is 4.99 Å². The summed E-state index contributed by atoms with van der Waals surface area (Å²) in [5.74, 6) is 0.753. The van der Waals surface area contributed by atoms with Gasteiger partial charge in [-0.1, -0.05) is 0 Å². The minimum Gasteiger partial charge on any atom is -0.367 e. The second kappa shape index (κ2) is 5.98. The minimum atomic E-state index is -3.31. The van der Waals surface area contributed by atoms with Gasteiger partial charge in [-0.2, -0.15) is 0 Å². The van der Waals surface area contributed by atoms with Crippen molar-refractivity contribution in [1.82, 2.24) is 9.97 Å². The molecule has 126 valence electrons. The number of aryl methyl sites for hydroxylation is 1. The van der Waals surface area contributed by atoms with Crippen molar-refractivity contribution >= 4 is 21.4 Å². The normalized spacial score (nSPS) is 13.8. The second-order valence-corrected chi connectivity index (χ2v) is 8.27. The maximum atomic E-state index is 11.9. The molecule has 0 spiro atoms. The number of hydrogen-bond donors (Lipinski definition) is 1. The molecule has 0 aromatic carbocycles. The summed E-state index contributed by atoms with van der Waals surface area (Å²) in [6.07, 6.45) is 2.96. The van der Waals surface area contributed by atoms with Gasteiger partial charge in [-0.05, 0) is 44.5 Å². The lowest BCUT2D eigenvalue weighted by Crippen LogP contribution is -2.16. The third-order valence-corrected chi connectivity index (χ3v) is 4.80. The molecular formula is C17H20N4O2S. The molecule has 3 rings (SSSR count). The molecule has 0 bridgehead atoms. The van der Waals surface area contributed by atoms with E-state index in [1.165, 1.54) is 6.26 Å². The SMILES string of the molecule is Cc1cc(S(C)(=O)=O)cc(C2=NCc3ccnc(NC(C)C)c32)n1. The average molecular weight is 344 g/mol. The molecule has 0 unspecified atom stereocenters. The first kappa shape index (κ1) is 16.6. The van der Waals surface area contributed by atoms with E-state index in [-0.39, 0.29) is 10.9 Å². The first-order chi connectivity index (χ1) is 11.3. The molecule has 0 aliphatic carbocycles. The number of aromatic nitrogens is 2. The van der Waals surface area contributed by atoms with Crippen LogP contribution in [-0.4, -0.2) is 36.4 Å². The zero-order valence-corrected chi connectivity index (χ0v) is 15.0. The summed E-state index contributed by atoms with van der Waals surface area (Å²) in [6.45, 7) is 6.41. The Hall–Kier alpha value is -2.28. The van der Waals surface area contributed by atoms with Gasteiger partial charge in [0.2, 0.25) is 0 Å². The standard InChI is InChI=1S/C17H20N4O2S/c1-10(2)20-17-15-12(5-6-18-17)9-19-16(15)14-8-13(24(4,22)23)7-11(3)21-14/h5-8,10H,9H2,1-4H3,(H,18,20). The predicted molar refractivity (Wildman–Crippen MR) is 94.4 cm³/mol. The van der Waals surface area contributed by atoms with E-state index in [0.29, 0.717) is 23.6 Å². The molecule has 0 fully saturated rings. The van der Waals surface area contributed by atoms with Gasteiger partial charge < -0.3 is 5.32 Å². The highest BCUT2D eigenvalue weighted by Gasteiger charge is 2.24. The highest BCUT2D eigenvalue weighted by molar-refractivity contribution is 7.90. The molecule has 1 aliphatic heterocycles. The van der Waals surface area contributed by atoms with Crippen molar-refractivity contribution in [3.8, 4) is 0 Å². The number of nitrogens with one attached hydrogen (secondary N) is 1. The van der Waals surface area contributed by atoms with Crippen molar-refractivity contribution < 1.29 is 8.42 Å². The van der Waals surface area contributed by atoms with Crippen LogP contribution in [0, 0.1) is 6.92 Å². The first-order valence-electron chi connectivity index (χ1n) is 7.74. The molecule has 6 nitrogen and oxygen atoms in total. The minimum absolute atomic E-state index is 0.225. The number of sulfone groups is 1. The van der Waals surface area contributed by atoms with Gasteiger partial charge in [0.1, 0.15) is 5.82 Å². The lowest BCUT2D eigenvalue weighted by molar-refractivity contribution is 0.601. The van der Waals surface area contributed by atoms with E-state index >= 15 is 0 Å². The third-order valence-electron chi connectivity index (χ3n) is 3.70. The fraction of sp³-hybridized carbons (Fsp3) is 0.353. The Morgan fingerprint density at radius 3 is 2.67 bits per heavy atom. The molecule has 0 radical (unpaired) electrons. The summed E-state index contributed by atoms with van der Waals surface area (Å²) in [6, 6.07) is 5.32. The van der Waals surface area contributed by atoms with Crippen LogP contribution in [0.15, 0.2) is 34.3 Å². The van der Waals surface area contributed by atoms with Gasteiger partial charge in [0, 0.05) is 29.8 Å². The van der Waals surface area contributed by atoms with Gasteiger partial charge >= 0.3 is 0 Å². The van der Waals surface area contributed by atoms with Gasteiger partial charge in [-0.25, -0.2) is 13.4 Å². The Kier molecular flexibility index (Phi) is 4.13. The van der Waals surface area contributed by atoms with Gasteiger partial charge in [0.15, 0.2) is 9.84 Å².